The minimum absolute atomic E-state index is 0.105. The van der Waals surface area contributed by atoms with Crippen LogP contribution in [0.2, 0.25) is 0 Å². The Morgan fingerprint density at radius 3 is 2.75 bits per heavy atom. The highest BCUT2D eigenvalue weighted by atomic mass is 16.5. The van der Waals surface area contributed by atoms with Gasteiger partial charge in [-0.15, -0.1) is 0 Å². The highest BCUT2D eigenvalue weighted by Gasteiger charge is 2.03. The number of methoxy groups -OCH3 is 1. The largest absolute Gasteiger partial charge is 0.497 e. The summed E-state index contributed by atoms with van der Waals surface area (Å²) in [7, 11) is 1.56. The molecule has 0 radical (unpaired) electrons. The van der Waals surface area contributed by atoms with Crippen molar-refractivity contribution in [2.75, 3.05) is 7.11 Å². The van der Waals surface area contributed by atoms with E-state index in [1.54, 1.807) is 55.7 Å². The predicted octanol–water partition coefficient (Wildman–Crippen LogP) is 3.46. The van der Waals surface area contributed by atoms with E-state index < -0.39 is 0 Å². The van der Waals surface area contributed by atoms with Crippen LogP contribution in [0.15, 0.2) is 54.6 Å². The molecule has 0 bridgehead atoms. The number of hydrogen-bond acceptors (Lipinski definition) is 3. The Bertz CT molecular complexity index is 696. The van der Waals surface area contributed by atoms with Crippen molar-refractivity contribution in [3.05, 3.63) is 71.3 Å². The van der Waals surface area contributed by atoms with Crippen LogP contribution in [0, 0.1) is 11.3 Å². The molecule has 0 unspecified atom stereocenters. The first-order chi connectivity index (χ1) is 9.72. The third-order valence-corrected chi connectivity index (χ3v) is 2.80. The molecule has 0 aromatic heterocycles. The molecule has 0 aliphatic heterocycles. The number of ketones is 1. The number of carbonyl (C=O) groups excluding carboxylic acids is 1. The Balaban J connectivity index is 2.18. The van der Waals surface area contributed by atoms with Crippen molar-refractivity contribution in [1.82, 2.24) is 0 Å². The number of allylic oxidation sites excluding steroid dienone is 1. The molecular formula is C17H13NO2. The molecule has 2 rings (SSSR count). The highest BCUT2D eigenvalue weighted by Crippen LogP contribution is 2.14. The van der Waals surface area contributed by atoms with Crippen LogP contribution >= 0.6 is 0 Å². The van der Waals surface area contributed by atoms with E-state index in [1.807, 2.05) is 6.07 Å². The molecule has 0 atom stereocenters. The van der Waals surface area contributed by atoms with Crippen molar-refractivity contribution in [3.8, 4) is 11.8 Å². The molecule has 0 heterocycles. The molecule has 0 fully saturated rings. The van der Waals surface area contributed by atoms with Crippen LogP contribution in [-0.4, -0.2) is 12.9 Å². The van der Waals surface area contributed by atoms with Crippen LogP contribution in [-0.2, 0) is 0 Å². The Morgan fingerprint density at radius 1 is 1.20 bits per heavy atom. The second kappa shape index (κ2) is 6.35. The Hall–Kier alpha value is -2.86. The van der Waals surface area contributed by atoms with E-state index in [0.29, 0.717) is 16.9 Å². The van der Waals surface area contributed by atoms with Crippen LogP contribution in [0.3, 0.4) is 0 Å². The fraction of sp³-hybridized carbons (Fsp3) is 0.0588. The van der Waals surface area contributed by atoms with E-state index in [9.17, 15) is 4.79 Å². The van der Waals surface area contributed by atoms with Crippen LogP contribution < -0.4 is 4.74 Å². The van der Waals surface area contributed by atoms with Crippen molar-refractivity contribution in [1.29, 1.82) is 5.26 Å². The van der Waals surface area contributed by atoms with E-state index in [-0.39, 0.29) is 5.78 Å². The maximum atomic E-state index is 12.0. The third kappa shape index (κ3) is 3.33. The number of nitriles is 1. The van der Waals surface area contributed by atoms with Crippen molar-refractivity contribution in [3.63, 3.8) is 0 Å². The zero-order valence-corrected chi connectivity index (χ0v) is 11.0. The Labute approximate surface area is 117 Å². The van der Waals surface area contributed by atoms with Crippen molar-refractivity contribution in [2.45, 2.75) is 0 Å². The summed E-state index contributed by atoms with van der Waals surface area (Å²) in [5.41, 5.74) is 1.96. The summed E-state index contributed by atoms with van der Waals surface area (Å²) in [6.45, 7) is 0. The summed E-state index contributed by atoms with van der Waals surface area (Å²) in [5, 5.41) is 8.82. The molecule has 0 saturated carbocycles. The zero-order valence-electron chi connectivity index (χ0n) is 11.0. The lowest BCUT2D eigenvalue weighted by molar-refractivity contribution is 0.104. The van der Waals surface area contributed by atoms with Gasteiger partial charge >= 0.3 is 0 Å². The Morgan fingerprint density at radius 2 is 2.00 bits per heavy atom. The zero-order chi connectivity index (χ0) is 14.4. The van der Waals surface area contributed by atoms with Crippen molar-refractivity contribution < 1.29 is 9.53 Å². The number of ether oxygens (including phenoxy) is 1. The van der Waals surface area contributed by atoms with Crippen LogP contribution in [0.4, 0.5) is 0 Å². The molecule has 3 heteroatoms. The van der Waals surface area contributed by atoms with E-state index in [4.69, 9.17) is 10.00 Å². The van der Waals surface area contributed by atoms with Gasteiger partial charge in [-0.25, -0.2) is 0 Å². The Kier molecular flexibility index (Phi) is 4.31. The summed E-state index contributed by atoms with van der Waals surface area (Å²) >= 11 is 0. The summed E-state index contributed by atoms with van der Waals surface area (Å²) in [5.74, 6) is 0.544. The van der Waals surface area contributed by atoms with Gasteiger partial charge in [-0.05, 0) is 35.9 Å². The van der Waals surface area contributed by atoms with Gasteiger partial charge in [0.2, 0.25) is 0 Å². The van der Waals surface area contributed by atoms with Gasteiger partial charge in [-0.3, -0.25) is 4.79 Å². The quantitative estimate of drug-likeness (QED) is 0.627. The maximum Gasteiger partial charge on any atom is 0.185 e. The number of benzene rings is 2. The van der Waals surface area contributed by atoms with Crippen LogP contribution in [0.25, 0.3) is 6.08 Å². The second-order valence-electron chi connectivity index (χ2n) is 4.17. The lowest BCUT2D eigenvalue weighted by Crippen LogP contribution is -1.94. The maximum absolute atomic E-state index is 12.0. The molecule has 2 aromatic carbocycles. The first kappa shape index (κ1) is 13.6. The van der Waals surface area contributed by atoms with Gasteiger partial charge in [0.1, 0.15) is 5.75 Å². The molecule has 0 saturated heterocycles. The predicted molar refractivity (Wildman–Crippen MR) is 77.5 cm³/mol. The molecule has 0 spiro atoms. The lowest BCUT2D eigenvalue weighted by Gasteiger charge is -2.01. The summed E-state index contributed by atoms with van der Waals surface area (Å²) in [6.07, 6.45) is 3.19. The lowest BCUT2D eigenvalue weighted by atomic mass is 10.1. The monoisotopic (exact) mass is 263 g/mol. The van der Waals surface area contributed by atoms with E-state index in [1.165, 1.54) is 6.08 Å². The van der Waals surface area contributed by atoms with E-state index >= 15 is 0 Å². The molecule has 3 nitrogen and oxygen atoms in total. The first-order valence-corrected chi connectivity index (χ1v) is 6.09. The topological polar surface area (TPSA) is 50.1 Å². The van der Waals surface area contributed by atoms with Crippen molar-refractivity contribution >= 4 is 11.9 Å². The molecule has 0 aliphatic carbocycles. The van der Waals surface area contributed by atoms with Gasteiger partial charge in [-0.2, -0.15) is 5.26 Å². The molecular weight excluding hydrogens is 250 g/mol. The van der Waals surface area contributed by atoms with E-state index in [2.05, 4.69) is 6.07 Å². The average molecular weight is 263 g/mol. The van der Waals surface area contributed by atoms with E-state index in [0.717, 1.165) is 5.56 Å². The molecule has 0 N–H and O–H groups in total. The van der Waals surface area contributed by atoms with Crippen molar-refractivity contribution in [2.24, 2.45) is 0 Å². The summed E-state index contributed by atoms with van der Waals surface area (Å²) < 4.78 is 5.09. The van der Waals surface area contributed by atoms with Gasteiger partial charge in [0.25, 0.3) is 0 Å². The molecule has 2 aromatic rings. The minimum atomic E-state index is -0.105. The molecule has 98 valence electrons. The SMILES string of the molecule is COc1cccc(C(=O)/C=C/c2cccc(C#N)c2)c1. The number of nitrogens with zero attached hydrogens (tertiary/aromatic N) is 1. The summed E-state index contributed by atoms with van der Waals surface area (Å²) in [4.78, 5) is 12.0. The number of rotatable bonds is 4. The normalized spacial score (nSPS) is 10.2. The summed E-state index contributed by atoms with van der Waals surface area (Å²) in [6, 6.07) is 16.1. The second-order valence-corrected chi connectivity index (χ2v) is 4.17. The first-order valence-electron chi connectivity index (χ1n) is 6.09. The minimum Gasteiger partial charge on any atom is -0.497 e. The molecule has 0 aliphatic rings. The fourth-order valence-electron chi connectivity index (χ4n) is 1.76. The number of carbonyl (C=O) groups is 1. The van der Waals surface area contributed by atoms with Gasteiger partial charge < -0.3 is 4.74 Å². The average Bonchev–Trinajstić information content (AvgIpc) is 2.52. The molecule has 20 heavy (non-hydrogen) atoms. The van der Waals surface area contributed by atoms with Gasteiger partial charge in [0.05, 0.1) is 18.7 Å². The smallest absolute Gasteiger partial charge is 0.185 e. The molecule has 0 amide bonds. The van der Waals surface area contributed by atoms with Crippen LogP contribution in [0.5, 0.6) is 5.75 Å². The standard InChI is InChI=1S/C17H13NO2/c1-20-16-7-3-6-15(11-16)17(19)9-8-13-4-2-5-14(10-13)12-18/h2-11H,1H3/b9-8+. The van der Waals surface area contributed by atoms with Gasteiger partial charge in [0.15, 0.2) is 5.78 Å². The third-order valence-electron chi connectivity index (χ3n) is 2.80. The highest BCUT2D eigenvalue weighted by molar-refractivity contribution is 6.07. The van der Waals surface area contributed by atoms with Crippen LogP contribution in [0.1, 0.15) is 21.5 Å². The number of hydrogen-bond donors (Lipinski definition) is 0. The van der Waals surface area contributed by atoms with Gasteiger partial charge in [-0.1, -0.05) is 30.3 Å². The fourth-order valence-corrected chi connectivity index (χ4v) is 1.76. The van der Waals surface area contributed by atoms with Gasteiger partial charge in [0, 0.05) is 5.56 Å².